The molecule has 1 fully saturated rings. The van der Waals surface area contributed by atoms with Crippen molar-refractivity contribution < 1.29 is 38.5 Å². The number of ketones is 1. The highest BCUT2D eigenvalue weighted by atomic mass is 19.1. The van der Waals surface area contributed by atoms with Crippen LogP contribution in [0.5, 0.6) is 5.75 Å². The normalized spacial score (nSPS) is 13.4. The predicted molar refractivity (Wildman–Crippen MR) is 175 cm³/mol. The first-order valence-electron chi connectivity index (χ1n) is 15.0. The van der Waals surface area contributed by atoms with E-state index >= 15 is 0 Å². The van der Waals surface area contributed by atoms with Crippen molar-refractivity contribution in [3.05, 3.63) is 126 Å². The number of amides is 1. The predicted octanol–water partition coefficient (Wildman–Crippen LogP) is 5.58. The van der Waals surface area contributed by atoms with Crippen molar-refractivity contribution >= 4 is 29.3 Å². The second-order valence-electron chi connectivity index (χ2n) is 10.8. The number of Topliss-reactive ketones (excluding diaryl/α,β-unsaturated/α-hetero) is 1. The zero-order valence-corrected chi connectivity index (χ0v) is 25.9. The number of carbonyl (C=O) groups excluding carboxylic acids is 2. The Balaban J connectivity index is 0.000000555. The fraction of sp³-hybridized carbons (Fsp3) is 0.222. The van der Waals surface area contributed by atoms with E-state index in [1.807, 2.05) is 77.6 Å². The summed E-state index contributed by atoms with van der Waals surface area (Å²) in [7, 11) is 1.62. The number of carbonyl (C=O) groups is 4. The van der Waals surface area contributed by atoms with Gasteiger partial charge in [-0.2, -0.15) is 0 Å². The molecule has 2 N–H and O–H groups in total. The molecule has 0 radical (unpaired) electrons. The number of hydrogen-bond acceptors (Lipinski definition) is 6. The number of anilines is 1. The van der Waals surface area contributed by atoms with Crippen LogP contribution in [0, 0.1) is 11.7 Å². The highest BCUT2D eigenvalue weighted by Gasteiger charge is 2.27. The van der Waals surface area contributed by atoms with Crippen LogP contribution in [0.15, 0.2) is 109 Å². The van der Waals surface area contributed by atoms with Crippen molar-refractivity contribution in [1.82, 2.24) is 9.47 Å². The largest absolute Gasteiger partial charge is 0.497 e. The molecular weight excluding hydrogens is 605 g/mol. The number of nitrogens with zero attached hydrogens (tertiary/aromatic N) is 3. The number of hydrogen-bond donors (Lipinski definition) is 2. The lowest BCUT2D eigenvalue weighted by Gasteiger charge is -2.33. The molecule has 0 unspecified atom stereocenters. The Hall–Kier alpha value is -5.55. The molecule has 1 aromatic heterocycles. The highest BCUT2D eigenvalue weighted by molar-refractivity contribution is 6.06. The molecule has 0 saturated carbocycles. The molecule has 10 nitrogen and oxygen atoms in total. The smallest absolute Gasteiger partial charge is 0.328 e. The number of halogens is 1. The van der Waals surface area contributed by atoms with Crippen molar-refractivity contribution in [2.75, 3.05) is 38.2 Å². The fourth-order valence-electron chi connectivity index (χ4n) is 5.20. The van der Waals surface area contributed by atoms with Crippen LogP contribution in [-0.4, -0.2) is 76.6 Å². The maximum Gasteiger partial charge on any atom is 0.328 e. The number of benzene rings is 3. The molecule has 5 rings (SSSR count). The van der Waals surface area contributed by atoms with E-state index in [0.29, 0.717) is 36.4 Å². The first-order valence-corrected chi connectivity index (χ1v) is 15.0. The van der Waals surface area contributed by atoms with Crippen molar-refractivity contribution in [3.8, 4) is 11.4 Å². The van der Waals surface area contributed by atoms with Gasteiger partial charge in [-0.25, -0.2) is 14.0 Å². The van der Waals surface area contributed by atoms with Crippen molar-refractivity contribution in [2.45, 2.75) is 12.8 Å². The van der Waals surface area contributed by atoms with Gasteiger partial charge in [0.25, 0.3) is 5.91 Å². The number of piperidine rings is 1. The Morgan fingerprint density at radius 2 is 1.38 bits per heavy atom. The molecule has 3 aromatic carbocycles. The van der Waals surface area contributed by atoms with Gasteiger partial charge >= 0.3 is 11.9 Å². The van der Waals surface area contributed by atoms with Gasteiger partial charge in [-0.15, -0.1) is 0 Å². The molecule has 11 heteroatoms. The maximum absolute atomic E-state index is 13.7. The third kappa shape index (κ3) is 9.97. The Morgan fingerprint density at radius 3 is 1.91 bits per heavy atom. The van der Waals surface area contributed by atoms with Crippen molar-refractivity contribution in [1.29, 1.82) is 0 Å². The number of carboxylic acid groups (broad SMARTS) is 2. The van der Waals surface area contributed by atoms with Gasteiger partial charge in [0, 0.05) is 66.1 Å². The second kappa shape index (κ2) is 16.7. The lowest BCUT2D eigenvalue weighted by Crippen LogP contribution is -2.42. The minimum Gasteiger partial charge on any atom is -0.497 e. The maximum atomic E-state index is 13.7. The minimum absolute atomic E-state index is 0.0650. The quantitative estimate of drug-likeness (QED) is 0.161. The third-order valence-electron chi connectivity index (χ3n) is 7.74. The lowest BCUT2D eigenvalue weighted by molar-refractivity contribution is -0.134. The summed E-state index contributed by atoms with van der Waals surface area (Å²) in [5.74, 6) is -2.18. The molecule has 244 valence electrons. The molecule has 0 aliphatic carbocycles. The topological polar surface area (TPSA) is 129 Å². The number of aromatic nitrogens is 1. The van der Waals surface area contributed by atoms with Crippen LogP contribution in [0.2, 0.25) is 0 Å². The molecule has 0 atom stereocenters. The molecule has 1 amide bonds. The van der Waals surface area contributed by atoms with E-state index in [4.69, 9.17) is 14.9 Å². The number of likely N-dealkylation sites (tertiary alicyclic amines) is 1. The summed E-state index contributed by atoms with van der Waals surface area (Å²) in [5, 5.41) is 15.6. The second-order valence-corrected chi connectivity index (χ2v) is 10.8. The van der Waals surface area contributed by atoms with E-state index in [9.17, 15) is 23.6 Å². The molecule has 0 spiro atoms. The van der Waals surface area contributed by atoms with Crippen molar-refractivity contribution in [3.63, 3.8) is 0 Å². The Bertz CT molecular complexity index is 1650. The Labute approximate surface area is 271 Å². The molecule has 47 heavy (non-hydrogen) atoms. The van der Waals surface area contributed by atoms with Crippen LogP contribution in [0.1, 0.15) is 33.6 Å². The monoisotopic (exact) mass is 641 g/mol. The van der Waals surface area contributed by atoms with Gasteiger partial charge in [0.2, 0.25) is 0 Å². The molecule has 2 heterocycles. The summed E-state index contributed by atoms with van der Waals surface area (Å²) in [5.41, 5.74) is 2.97. The molecule has 4 aromatic rings. The van der Waals surface area contributed by atoms with Gasteiger partial charge in [-0.05, 0) is 111 Å². The summed E-state index contributed by atoms with van der Waals surface area (Å²) in [4.78, 5) is 49.8. The number of aliphatic carboxylic acids is 2. The van der Waals surface area contributed by atoms with Crippen LogP contribution in [0.25, 0.3) is 5.69 Å². The number of rotatable bonds is 11. The summed E-state index contributed by atoms with van der Waals surface area (Å²) in [6.07, 6.45) is 6.54. The van der Waals surface area contributed by atoms with E-state index in [2.05, 4.69) is 4.90 Å². The SMILES string of the molecule is COc1ccc(N(CCN2CCC(C(=O)c3ccc(F)cc3)CC2)C(=O)c2ccc(-n3cccc3)cc2)cc1.O=C(O)/C=C/C(=O)O. The van der Waals surface area contributed by atoms with E-state index in [-0.39, 0.29) is 23.4 Å². The number of methoxy groups -OCH3 is 1. The Morgan fingerprint density at radius 1 is 0.830 bits per heavy atom. The average Bonchev–Trinajstić information content (AvgIpc) is 3.64. The van der Waals surface area contributed by atoms with E-state index < -0.39 is 11.9 Å². The van der Waals surface area contributed by atoms with Gasteiger partial charge in [0.05, 0.1) is 7.11 Å². The number of ether oxygens (including phenoxy) is 1. The molecular formula is C36H36FN3O7. The molecule has 1 aliphatic heterocycles. The van der Waals surface area contributed by atoms with Gasteiger partial charge in [-0.1, -0.05) is 0 Å². The van der Waals surface area contributed by atoms with Crippen LogP contribution in [0.3, 0.4) is 0 Å². The van der Waals surface area contributed by atoms with Crippen LogP contribution >= 0.6 is 0 Å². The summed E-state index contributed by atoms with van der Waals surface area (Å²) in [6, 6.07) is 24.9. The lowest BCUT2D eigenvalue weighted by atomic mass is 9.89. The van der Waals surface area contributed by atoms with Gasteiger partial charge in [0.15, 0.2) is 5.78 Å². The zero-order valence-electron chi connectivity index (χ0n) is 25.9. The zero-order chi connectivity index (χ0) is 33.8. The van der Waals surface area contributed by atoms with Gasteiger partial charge < -0.3 is 29.3 Å². The van der Waals surface area contributed by atoms with E-state index in [1.165, 1.54) is 12.1 Å². The molecule has 1 aliphatic rings. The van der Waals surface area contributed by atoms with Gasteiger partial charge in [0.1, 0.15) is 11.6 Å². The average molecular weight is 642 g/mol. The van der Waals surface area contributed by atoms with Gasteiger partial charge in [-0.3, -0.25) is 9.59 Å². The highest BCUT2D eigenvalue weighted by Crippen LogP contribution is 2.24. The Kier molecular flexibility index (Phi) is 12.2. The first kappa shape index (κ1) is 34.3. The van der Waals surface area contributed by atoms with E-state index in [0.717, 1.165) is 43.1 Å². The standard InChI is InChI=1S/C32H32FN3O3.C4H4O4/c1-39-30-14-12-29(13-15-30)36(32(38)26-6-10-28(11-7-26)35-18-2-3-19-35)23-22-34-20-16-25(17-21-34)31(37)24-4-8-27(33)9-5-24;5-3(6)1-2-4(7)8/h2-15,18-19,25H,16-17,20-23H2,1H3;1-2H,(H,5,6)(H,7,8)/b;2-1+. The van der Waals surface area contributed by atoms with Crippen LogP contribution < -0.4 is 9.64 Å². The minimum atomic E-state index is -1.26. The summed E-state index contributed by atoms with van der Waals surface area (Å²) >= 11 is 0. The molecule has 0 bridgehead atoms. The third-order valence-corrected chi connectivity index (χ3v) is 7.74. The van der Waals surface area contributed by atoms with Crippen LogP contribution in [0.4, 0.5) is 10.1 Å². The number of carboxylic acids is 2. The van der Waals surface area contributed by atoms with Crippen molar-refractivity contribution in [2.24, 2.45) is 5.92 Å². The first-order chi connectivity index (χ1) is 22.6. The van der Waals surface area contributed by atoms with Crippen LogP contribution in [-0.2, 0) is 9.59 Å². The van der Waals surface area contributed by atoms with E-state index in [1.54, 1.807) is 24.1 Å². The fourth-order valence-corrected chi connectivity index (χ4v) is 5.20. The molecule has 1 saturated heterocycles. The summed E-state index contributed by atoms with van der Waals surface area (Å²) < 4.78 is 20.5. The summed E-state index contributed by atoms with van der Waals surface area (Å²) in [6.45, 7) is 2.75.